The van der Waals surface area contributed by atoms with Crippen LogP contribution in [-0.2, 0) is 22.4 Å². The SMILES string of the molecule is CC1(C)NC(=O)N(C[C@H](CC(=NO)c2ccc3c4c(oc3c2)CCC4)C(=O)O)C1=O. The van der Waals surface area contributed by atoms with Crippen molar-refractivity contribution in [2.45, 2.75) is 45.1 Å². The van der Waals surface area contributed by atoms with E-state index in [1.165, 1.54) is 5.56 Å². The fraction of sp³-hybridized carbons (Fsp3) is 0.429. The maximum atomic E-state index is 12.4. The Morgan fingerprint density at radius 3 is 2.73 bits per heavy atom. The van der Waals surface area contributed by atoms with Gasteiger partial charge >= 0.3 is 12.0 Å². The summed E-state index contributed by atoms with van der Waals surface area (Å²) in [6, 6.07) is 4.75. The van der Waals surface area contributed by atoms with Gasteiger partial charge in [-0.25, -0.2) is 4.79 Å². The normalized spacial score (nSPS) is 19.3. The van der Waals surface area contributed by atoms with E-state index in [0.29, 0.717) is 11.1 Å². The lowest BCUT2D eigenvalue weighted by Crippen LogP contribution is -2.42. The van der Waals surface area contributed by atoms with Crippen LogP contribution in [-0.4, -0.2) is 50.9 Å². The Balaban J connectivity index is 1.57. The molecule has 1 aliphatic heterocycles. The quantitative estimate of drug-likeness (QED) is 0.288. The summed E-state index contributed by atoms with van der Waals surface area (Å²) in [6.45, 7) is 2.79. The van der Waals surface area contributed by atoms with E-state index < -0.39 is 29.4 Å². The van der Waals surface area contributed by atoms with Gasteiger partial charge in [0.15, 0.2) is 0 Å². The Morgan fingerprint density at radius 1 is 1.33 bits per heavy atom. The largest absolute Gasteiger partial charge is 0.481 e. The Morgan fingerprint density at radius 2 is 2.10 bits per heavy atom. The Hall–Kier alpha value is -3.36. The number of carboxylic acid groups (broad SMARTS) is 1. The molecule has 1 aromatic heterocycles. The number of nitrogens with one attached hydrogen (secondary N) is 1. The van der Waals surface area contributed by atoms with Crippen molar-refractivity contribution >= 4 is 34.6 Å². The minimum absolute atomic E-state index is 0.146. The number of amides is 3. The third-order valence-electron chi connectivity index (χ3n) is 5.80. The third-order valence-corrected chi connectivity index (χ3v) is 5.80. The van der Waals surface area contributed by atoms with Crippen LogP contribution in [0.15, 0.2) is 27.8 Å². The average molecular weight is 413 g/mol. The van der Waals surface area contributed by atoms with Gasteiger partial charge in [0.05, 0.1) is 11.6 Å². The number of oxime groups is 1. The molecule has 1 saturated heterocycles. The van der Waals surface area contributed by atoms with E-state index in [0.717, 1.165) is 35.3 Å². The zero-order valence-electron chi connectivity index (χ0n) is 16.8. The molecule has 0 saturated carbocycles. The molecule has 2 aromatic rings. The standard InChI is InChI=1S/C21H23N3O6/c1-21(2)19(27)24(20(28)22-21)10-12(18(25)26)8-15(23-29)11-6-7-14-13-4-3-5-16(13)30-17(14)9-11/h6-7,9,12,29H,3-5,8,10H2,1-2H3,(H,22,28)(H,25,26)/t12-/m0/s1. The highest BCUT2D eigenvalue weighted by Gasteiger charge is 2.45. The number of furan rings is 1. The number of aliphatic carboxylic acids is 1. The number of imide groups is 1. The van der Waals surface area contributed by atoms with Crippen molar-refractivity contribution < 1.29 is 29.1 Å². The van der Waals surface area contributed by atoms with Crippen LogP contribution in [0.4, 0.5) is 4.79 Å². The molecule has 1 aromatic carbocycles. The summed E-state index contributed by atoms with van der Waals surface area (Å²) in [4.78, 5) is 37.2. The molecule has 3 N–H and O–H groups in total. The van der Waals surface area contributed by atoms with Crippen LogP contribution < -0.4 is 5.32 Å². The van der Waals surface area contributed by atoms with Crippen molar-refractivity contribution in [3.05, 3.63) is 35.1 Å². The second-order valence-electron chi connectivity index (χ2n) is 8.33. The summed E-state index contributed by atoms with van der Waals surface area (Å²) in [6.07, 6.45) is 2.76. The van der Waals surface area contributed by atoms with Gasteiger partial charge in [-0.3, -0.25) is 14.5 Å². The van der Waals surface area contributed by atoms with E-state index in [1.54, 1.807) is 26.0 Å². The molecule has 4 rings (SSSR count). The monoisotopic (exact) mass is 413 g/mol. The molecule has 9 heteroatoms. The number of hydrogen-bond donors (Lipinski definition) is 3. The van der Waals surface area contributed by atoms with E-state index in [-0.39, 0.29) is 18.7 Å². The van der Waals surface area contributed by atoms with Crippen molar-refractivity contribution in [1.29, 1.82) is 0 Å². The van der Waals surface area contributed by atoms with E-state index >= 15 is 0 Å². The van der Waals surface area contributed by atoms with Crippen molar-refractivity contribution in [2.24, 2.45) is 11.1 Å². The number of benzene rings is 1. The highest BCUT2D eigenvalue weighted by molar-refractivity contribution is 6.07. The van der Waals surface area contributed by atoms with Crippen LogP contribution in [0, 0.1) is 5.92 Å². The number of rotatable bonds is 6. The first-order valence-corrected chi connectivity index (χ1v) is 9.84. The smallest absolute Gasteiger partial charge is 0.325 e. The molecule has 1 atom stereocenters. The molecule has 30 heavy (non-hydrogen) atoms. The van der Waals surface area contributed by atoms with Crippen LogP contribution >= 0.6 is 0 Å². The van der Waals surface area contributed by atoms with E-state index in [1.807, 2.05) is 6.07 Å². The van der Waals surface area contributed by atoms with Crippen molar-refractivity contribution in [1.82, 2.24) is 10.2 Å². The number of fused-ring (bicyclic) bond motifs is 3. The molecule has 2 aliphatic rings. The molecule has 1 fully saturated rings. The van der Waals surface area contributed by atoms with Gasteiger partial charge in [-0.1, -0.05) is 17.3 Å². The molecular formula is C21H23N3O6. The average Bonchev–Trinajstić information content (AvgIpc) is 3.32. The highest BCUT2D eigenvalue weighted by atomic mass is 16.4. The Labute approximate surface area is 172 Å². The fourth-order valence-electron chi connectivity index (χ4n) is 4.17. The second-order valence-corrected chi connectivity index (χ2v) is 8.33. The lowest BCUT2D eigenvalue weighted by atomic mass is 9.95. The molecule has 0 bridgehead atoms. The zero-order chi connectivity index (χ0) is 21.6. The first kappa shape index (κ1) is 19.9. The van der Waals surface area contributed by atoms with Gasteiger partial charge in [-0.05, 0) is 32.8 Å². The maximum absolute atomic E-state index is 12.4. The molecular weight excluding hydrogens is 390 g/mol. The predicted molar refractivity (Wildman–Crippen MR) is 107 cm³/mol. The number of hydrogen-bond acceptors (Lipinski definition) is 6. The molecule has 3 amide bonds. The predicted octanol–water partition coefficient (Wildman–Crippen LogP) is 2.52. The number of carboxylic acids is 1. The number of urea groups is 1. The highest BCUT2D eigenvalue weighted by Crippen LogP contribution is 2.33. The van der Waals surface area contributed by atoms with Gasteiger partial charge in [0, 0.05) is 35.9 Å². The topological polar surface area (TPSA) is 132 Å². The Bertz CT molecular complexity index is 1080. The summed E-state index contributed by atoms with van der Waals surface area (Å²) in [5.41, 5.74) is 1.46. The summed E-state index contributed by atoms with van der Waals surface area (Å²) in [5, 5.41) is 26.0. The van der Waals surface area contributed by atoms with Gasteiger partial charge < -0.3 is 20.0 Å². The summed E-state index contributed by atoms with van der Waals surface area (Å²) < 4.78 is 5.90. The summed E-state index contributed by atoms with van der Waals surface area (Å²) >= 11 is 0. The molecule has 158 valence electrons. The number of aryl methyl sites for hydroxylation is 2. The van der Waals surface area contributed by atoms with Gasteiger partial charge in [0.2, 0.25) is 0 Å². The van der Waals surface area contributed by atoms with Crippen LogP contribution in [0.25, 0.3) is 11.0 Å². The first-order chi connectivity index (χ1) is 14.2. The molecule has 0 spiro atoms. The molecule has 0 radical (unpaired) electrons. The van der Waals surface area contributed by atoms with Gasteiger partial charge in [-0.15, -0.1) is 0 Å². The number of carbonyl (C=O) groups excluding carboxylic acids is 2. The third kappa shape index (κ3) is 3.30. The van der Waals surface area contributed by atoms with Crippen molar-refractivity contribution in [3.8, 4) is 0 Å². The van der Waals surface area contributed by atoms with Crippen molar-refractivity contribution in [3.63, 3.8) is 0 Å². The lowest BCUT2D eigenvalue weighted by Gasteiger charge is -2.20. The van der Waals surface area contributed by atoms with Gasteiger partial charge in [-0.2, -0.15) is 0 Å². The zero-order valence-corrected chi connectivity index (χ0v) is 16.8. The van der Waals surface area contributed by atoms with Gasteiger partial charge in [0.1, 0.15) is 16.9 Å². The summed E-state index contributed by atoms with van der Waals surface area (Å²) in [5.74, 6) is -1.85. The molecule has 2 heterocycles. The first-order valence-electron chi connectivity index (χ1n) is 9.84. The second kappa shape index (κ2) is 7.16. The minimum Gasteiger partial charge on any atom is -0.481 e. The maximum Gasteiger partial charge on any atom is 0.325 e. The Kier molecular flexibility index (Phi) is 4.76. The van der Waals surface area contributed by atoms with Crippen LogP contribution in [0.2, 0.25) is 0 Å². The lowest BCUT2D eigenvalue weighted by molar-refractivity contribution is -0.142. The fourth-order valence-corrected chi connectivity index (χ4v) is 4.17. The number of nitrogens with zero attached hydrogens (tertiary/aromatic N) is 2. The molecule has 9 nitrogen and oxygen atoms in total. The van der Waals surface area contributed by atoms with Crippen LogP contribution in [0.5, 0.6) is 0 Å². The van der Waals surface area contributed by atoms with E-state index in [4.69, 9.17) is 4.42 Å². The van der Waals surface area contributed by atoms with E-state index in [9.17, 15) is 24.7 Å². The van der Waals surface area contributed by atoms with Crippen LogP contribution in [0.1, 0.15) is 43.6 Å². The minimum atomic E-state index is -1.19. The number of carbonyl (C=O) groups is 3. The van der Waals surface area contributed by atoms with Gasteiger partial charge in [0.25, 0.3) is 5.91 Å². The van der Waals surface area contributed by atoms with Crippen molar-refractivity contribution in [2.75, 3.05) is 6.54 Å². The van der Waals surface area contributed by atoms with E-state index in [2.05, 4.69) is 10.5 Å². The summed E-state index contributed by atoms with van der Waals surface area (Å²) in [7, 11) is 0. The molecule has 1 aliphatic carbocycles. The van der Waals surface area contributed by atoms with Crippen LogP contribution in [0.3, 0.4) is 0 Å². The molecule has 0 unspecified atom stereocenters.